The molecule has 10 heteroatoms. The number of hydrogen-bond donors (Lipinski definition) is 2. The Kier molecular flexibility index (Phi) is 5.51. The van der Waals surface area contributed by atoms with Gasteiger partial charge in [-0.3, -0.25) is 9.59 Å². The Morgan fingerprint density at radius 2 is 2.25 bits per heavy atom. The number of fused-ring (bicyclic) bond motifs is 3. The van der Waals surface area contributed by atoms with E-state index in [1.165, 1.54) is 10.4 Å². The number of thiophene rings is 1. The Bertz CT molecular complexity index is 1070. The van der Waals surface area contributed by atoms with Crippen LogP contribution in [-0.4, -0.2) is 32.3 Å². The number of rotatable bonds is 6. The van der Waals surface area contributed by atoms with E-state index in [0.717, 1.165) is 41.0 Å². The van der Waals surface area contributed by atoms with Crippen LogP contribution < -0.4 is 10.9 Å². The number of methoxy groups -OCH3 is 1. The summed E-state index contributed by atoms with van der Waals surface area (Å²) in [6, 6.07) is 0. The Labute approximate surface area is 169 Å². The highest BCUT2D eigenvalue weighted by Crippen LogP contribution is 2.35. The fourth-order valence-corrected chi connectivity index (χ4v) is 5.41. The zero-order chi connectivity index (χ0) is 19.7. The summed E-state index contributed by atoms with van der Waals surface area (Å²) in [5.41, 5.74) is 1.07. The van der Waals surface area contributed by atoms with Gasteiger partial charge in [0.05, 0.1) is 5.39 Å². The molecule has 1 atom stereocenters. The maximum Gasteiger partial charge on any atom is 0.259 e. The topological polar surface area (TPSA) is 110 Å². The van der Waals surface area contributed by atoms with E-state index >= 15 is 0 Å². The third-order valence-corrected chi connectivity index (χ3v) is 6.61. The first kappa shape index (κ1) is 19.2. The molecule has 8 nitrogen and oxygen atoms in total. The molecule has 4 rings (SSSR count). The molecular formula is C18H21N5O3S2. The average Bonchev–Trinajstić information content (AvgIpc) is 3.23. The van der Waals surface area contributed by atoms with E-state index in [4.69, 9.17) is 4.74 Å². The number of nitrogens with one attached hydrogen (secondary N) is 2. The van der Waals surface area contributed by atoms with E-state index in [1.807, 2.05) is 0 Å². The molecule has 0 fully saturated rings. The van der Waals surface area contributed by atoms with Crippen molar-refractivity contribution in [2.45, 2.75) is 45.6 Å². The van der Waals surface area contributed by atoms with Crippen molar-refractivity contribution in [2.24, 2.45) is 5.92 Å². The second kappa shape index (κ2) is 8.06. The minimum absolute atomic E-state index is 0.0965. The lowest BCUT2D eigenvalue weighted by Crippen LogP contribution is -2.17. The van der Waals surface area contributed by atoms with E-state index in [1.54, 1.807) is 18.4 Å². The number of nitrogens with zero attached hydrogens (tertiary/aromatic N) is 3. The molecule has 3 aromatic rings. The number of carbonyl (C=O) groups excluding carboxylic acids is 1. The van der Waals surface area contributed by atoms with Gasteiger partial charge in [-0.25, -0.2) is 9.97 Å². The van der Waals surface area contributed by atoms with Gasteiger partial charge in [0.15, 0.2) is 5.82 Å². The molecule has 0 saturated carbocycles. The van der Waals surface area contributed by atoms with Crippen molar-refractivity contribution in [3.8, 4) is 0 Å². The maximum atomic E-state index is 12.6. The number of aromatic amines is 1. The number of carbonyl (C=O) groups is 1. The van der Waals surface area contributed by atoms with Gasteiger partial charge in [-0.05, 0) is 30.7 Å². The van der Waals surface area contributed by atoms with Crippen molar-refractivity contribution in [1.82, 2.24) is 19.3 Å². The molecule has 1 aliphatic carbocycles. The van der Waals surface area contributed by atoms with Crippen LogP contribution in [0.3, 0.4) is 0 Å². The predicted molar refractivity (Wildman–Crippen MR) is 109 cm³/mol. The standard InChI is InChI=1S/C18H21N5O3S2/c1-9-3-4-10-11(7-9)27-17-15(10)16(25)19-12(20-17)5-6-14(24)22-18-21-13(8-26-2)23-28-18/h9H,3-8H2,1-2H3,(H,19,20,25)(H,21,22,23,24). The molecule has 2 N–H and O–H groups in total. The van der Waals surface area contributed by atoms with Crippen LogP contribution in [-0.2, 0) is 35.4 Å². The molecule has 3 aromatic heterocycles. The molecule has 0 spiro atoms. The Balaban J connectivity index is 1.44. The predicted octanol–water partition coefficient (Wildman–Crippen LogP) is 2.68. The lowest BCUT2D eigenvalue weighted by Gasteiger charge is -2.17. The molecule has 28 heavy (non-hydrogen) atoms. The van der Waals surface area contributed by atoms with Gasteiger partial charge < -0.3 is 15.0 Å². The normalized spacial score (nSPS) is 16.3. The zero-order valence-corrected chi connectivity index (χ0v) is 17.3. The molecule has 1 amide bonds. The van der Waals surface area contributed by atoms with Crippen LogP contribution in [0, 0.1) is 5.92 Å². The van der Waals surface area contributed by atoms with Crippen molar-refractivity contribution in [1.29, 1.82) is 0 Å². The number of aryl methyl sites for hydroxylation is 2. The number of amides is 1. The third kappa shape index (κ3) is 3.98. The van der Waals surface area contributed by atoms with Crippen LogP contribution in [0.2, 0.25) is 0 Å². The monoisotopic (exact) mass is 419 g/mol. The van der Waals surface area contributed by atoms with Gasteiger partial charge in [-0.2, -0.15) is 4.37 Å². The van der Waals surface area contributed by atoms with Gasteiger partial charge in [0.2, 0.25) is 11.0 Å². The van der Waals surface area contributed by atoms with Crippen molar-refractivity contribution >= 4 is 44.1 Å². The van der Waals surface area contributed by atoms with Gasteiger partial charge in [-0.1, -0.05) is 6.92 Å². The smallest absolute Gasteiger partial charge is 0.259 e. The molecule has 148 valence electrons. The Morgan fingerprint density at radius 3 is 3.07 bits per heavy atom. The van der Waals surface area contributed by atoms with Crippen LogP contribution in [0.25, 0.3) is 10.2 Å². The van der Waals surface area contributed by atoms with E-state index in [-0.39, 0.29) is 17.9 Å². The maximum absolute atomic E-state index is 12.6. The first-order chi connectivity index (χ1) is 13.5. The summed E-state index contributed by atoms with van der Waals surface area (Å²) >= 11 is 2.73. The van der Waals surface area contributed by atoms with Gasteiger partial charge in [0.1, 0.15) is 17.3 Å². The van der Waals surface area contributed by atoms with E-state index in [9.17, 15) is 9.59 Å². The largest absolute Gasteiger partial charge is 0.377 e. The summed E-state index contributed by atoms with van der Waals surface area (Å²) in [4.78, 5) is 38.5. The minimum atomic E-state index is -0.192. The SMILES string of the molecule is COCc1nsc(NC(=O)CCc2nc3sc4c(c3c(=O)[nH]2)CCC(C)C4)n1. The molecule has 1 unspecified atom stereocenters. The second-order valence-electron chi connectivity index (χ2n) is 7.04. The quantitative estimate of drug-likeness (QED) is 0.636. The van der Waals surface area contributed by atoms with E-state index in [0.29, 0.717) is 35.7 Å². The Hall–Kier alpha value is -2.17. The van der Waals surface area contributed by atoms with Gasteiger partial charge >= 0.3 is 0 Å². The molecule has 1 aliphatic rings. The number of hydrogen-bond acceptors (Lipinski definition) is 8. The molecule has 0 saturated heterocycles. The fourth-order valence-electron chi connectivity index (χ4n) is 3.42. The first-order valence-electron chi connectivity index (χ1n) is 9.18. The number of anilines is 1. The summed E-state index contributed by atoms with van der Waals surface area (Å²) in [5.74, 6) is 1.53. The summed E-state index contributed by atoms with van der Waals surface area (Å²) < 4.78 is 9.05. The summed E-state index contributed by atoms with van der Waals surface area (Å²) in [6.45, 7) is 2.55. The van der Waals surface area contributed by atoms with Gasteiger partial charge in [0.25, 0.3) is 5.56 Å². The van der Waals surface area contributed by atoms with Crippen molar-refractivity contribution in [3.63, 3.8) is 0 Å². The molecule has 0 aliphatic heterocycles. The van der Waals surface area contributed by atoms with Gasteiger partial charge in [0, 0.05) is 36.4 Å². The molecule has 0 aromatic carbocycles. The summed E-state index contributed by atoms with van der Waals surface area (Å²) in [5, 5.41) is 3.90. The highest BCUT2D eigenvalue weighted by molar-refractivity contribution is 7.18. The second-order valence-corrected chi connectivity index (χ2v) is 8.88. The van der Waals surface area contributed by atoms with Crippen LogP contribution in [0.15, 0.2) is 4.79 Å². The Morgan fingerprint density at radius 1 is 1.39 bits per heavy atom. The zero-order valence-electron chi connectivity index (χ0n) is 15.7. The summed E-state index contributed by atoms with van der Waals surface area (Å²) in [6.07, 6.45) is 3.63. The van der Waals surface area contributed by atoms with E-state index < -0.39 is 0 Å². The third-order valence-electron chi connectivity index (χ3n) is 4.79. The van der Waals surface area contributed by atoms with Crippen molar-refractivity contribution < 1.29 is 9.53 Å². The number of H-pyrrole nitrogens is 1. The number of ether oxygens (including phenoxy) is 1. The van der Waals surface area contributed by atoms with Crippen molar-refractivity contribution in [2.75, 3.05) is 12.4 Å². The highest BCUT2D eigenvalue weighted by Gasteiger charge is 2.23. The van der Waals surface area contributed by atoms with E-state index in [2.05, 4.69) is 31.6 Å². The van der Waals surface area contributed by atoms with Crippen LogP contribution in [0.1, 0.15) is 41.9 Å². The molecule has 0 bridgehead atoms. The van der Waals surface area contributed by atoms with Gasteiger partial charge in [-0.15, -0.1) is 11.3 Å². The lowest BCUT2D eigenvalue weighted by atomic mass is 9.89. The van der Waals surface area contributed by atoms with Crippen LogP contribution in [0.5, 0.6) is 0 Å². The molecule has 0 radical (unpaired) electrons. The van der Waals surface area contributed by atoms with Crippen LogP contribution in [0.4, 0.5) is 5.13 Å². The lowest BCUT2D eigenvalue weighted by molar-refractivity contribution is -0.116. The van der Waals surface area contributed by atoms with Crippen molar-refractivity contribution in [3.05, 3.63) is 32.4 Å². The van der Waals surface area contributed by atoms with Crippen LogP contribution >= 0.6 is 22.9 Å². The summed E-state index contributed by atoms with van der Waals surface area (Å²) in [7, 11) is 1.56. The minimum Gasteiger partial charge on any atom is -0.377 e. The number of aromatic nitrogens is 4. The molecule has 3 heterocycles. The average molecular weight is 420 g/mol. The first-order valence-corrected chi connectivity index (χ1v) is 10.8. The highest BCUT2D eigenvalue weighted by atomic mass is 32.1. The fraction of sp³-hybridized carbons (Fsp3) is 0.500. The molecular weight excluding hydrogens is 398 g/mol.